The first-order valence-corrected chi connectivity index (χ1v) is 9.19. The van der Waals surface area contributed by atoms with Gasteiger partial charge in [-0.15, -0.1) is 0 Å². The zero-order chi connectivity index (χ0) is 19.6. The molecule has 2 aromatic rings. The van der Waals surface area contributed by atoms with Crippen LogP contribution in [0, 0.1) is 5.82 Å². The molecular formula is C21H27FN3O2+. The molecule has 27 heavy (non-hydrogen) atoms. The molecule has 0 aliphatic carbocycles. The smallest absolute Gasteiger partial charge is 0.279 e. The third-order valence-electron chi connectivity index (χ3n) is 4.17. The van der Waals surface area contributed by atoms with Gasteiger partial charge in [0.2, 0.25) is 0 Å². The number of quaternary nitrogens is 1. The predicted molar refractivity (Wildman–Crippen MR) is 104 cm³/mol. The number of amides is 2. The maximum Gasteiger partial charge on any atom is 0.279 e. The van der Waals surface area contributed by atoms with E-state index in [1.165, 1.54) is 24.3 Å². The minimum absolute atomic E-state index is 0.0236. The van der Waals surface area contributed by atoms with E-state index in [2.05, 4.69) is 17.6 Å². The molecule has 0 aromatic heterocycles. The number of halogens is 1. The van der Waals surface area contributed by atoms with Crippen molar-refractivity contribution in [3.63, 3.8) is 0 Å². The Hall–Kier alpha value is -2.73. The van der Waals surface area contributed by atoms with Crippen LogP contribution in [0.15, 0.2) is 54.6 Å². The summed E-state index contributed by atoms with van der Waals surface area (Å²) >= 11 is 0. The number of rotatable bonds is 9. The second-order valence-electron chi connectivity index (χ2n) is 6.69. The van der Waals surface area contributed by atoms with Gasteiger partial charge in [-0.05, 0) is 36.2 Å². The molecule has 0 heterocycles. The quantitative estimate of drug-likeness (QED) is 0.630. The molecule has 0 radical (unpaired) electrons. The predicted octanol–water partition coefficient (Wildman–Crippen LogP) is 1.94. The van der Waals surface area contributed by atoms with E-state index in [9.17, 15) is 14.0 Å². The molecule has 0 aliphatic heterocycles. The molecule has 3 N–H and O–H groups in total. The van der Waals surface area contributed by atoms with E-state index in [4.69, 9.17) is 0 Å². The summed E-state index contributed by atoms with van der Waals surface area (Å²) in [7, 11) is 1.79. The second kappa shape index (κ2) is 10.4. The van der Waals surface area contributed by atoms with Crippen molar-refractivity contribution in [2.24, 2.45) is 0 Å². The molecule has 2 atom stereocenters. The Kier molecular flexibility index (Phi) is 7.95. The third-order valence-corrected chi connectivity index (χ3v) is 4.17. The lowest BCUT2D eigenvalue weighted by molar-refractivity contribution is -0.862. The fourth-order valence-electron chi connectivity index (χ4n) is 2.89. The van der Waals surface area contributed by atoms with Crippen molar-refractivity contribution in [1.82, 2.24) is 5.32 Å². The Labute approximate surface area is 159 Å². The summed E-state index contributed by atoms with van der Waals surface area (Å²) < 4.78 is 12.9. The number of likely N-dealkylation sites (N-methyl/N-ethyl adjacent to an activating group) is 1. The average Bonchev–Trinajstić information content (AvgIpc) is 2.63. The SMILES string of the molecule is CCC[C@@H](NC(=O)C[NH+](C)CC(=O)Nc1ccc(F)cc1)c1ccccc1. The number of hydrogen-bond donors (Lipinski definition) is 3. The van der Waals surface area contributed by atoms with E-state index in [1.54, 1.807) is 7.05 Å². The molecule has 144 valence electrons. The van der Waals surface area contributed by atoms with Crippen LogP contribution in [0.3, 0.4) is 0 Å². The molecule has 2 amide bonds. The van der Waals surface area contributed by atoms with Crippen molar-refractivity contribution in [2.45, 2.75) is 25.8 Å². The Morgan fingerprint density at radius 2 is 1.63 bits per heavy atom. The normalized spacial score (nSPS) is 12.9. The lowest BCUT2D eigenvalue weighted by Crippen LogP contribution is -3.11. The molecule has 0 saturated heterocycles. The molecule has 1 unspecified atom stereocenters. The summed E-state index contributed by atoms with van der Waals surface area (Å²) in [6, 6.07) is 15.4. The van der Waals surface area contributed by atoms with Gasteiger partial charge in [-0.25, -0.2) is 4.39 Å². The maximum atomic E-state index is 12.9. The number of hydrogen-bond acceptors (Lipinski definition) is 2. The summed E-state index contributed by atoms with van der Waals surface area (Å²) in [4.78, 5) is 25.2. The van der Waals surface area contributed by atoms with Crippen LogP contribution in [0.2, 0.25) is 0 Å². The molecule has 6 heteroatoms. The average molecular weight is 372 g/mol. The highest BCUT2D eigenvalue weighted by molar-refractivity contribution is 5.91. The lowest BCUT2D eigenvalue weighted by Gasteiger charge is -2.20. The zero-order valence-corrected chi connectivity index (χ0v) is 15.8. The highest BCUT2D eigenvalue weighted by Gasteiger charge is 2.18. The monoisotopic (exact) mass is 372 g/mol. The van der Waals surface area contributed by atoms with Gasteiger partial charge in [0.1, 0.15) is 5.82 Å². The first kappa shape index (κ1) is 20.6. The van der Waals surface area contributed by atoms with Crippen molar-refractivity contribution >= 4 is 17.5 Å². The molecule has 0 saturated carbocycles. The van der Waals surface area contributed by atoms with Crippen LogP contribution in [-0.4, -0.2) is 32.0 Å². The Morgan fingerprint density at radius 1 is 1.00 bits per heavy atom. The summed E-state index contributed by atoms with van der Waals surface area (Å²) in [6.07, 6.45) is 1.82. The van der Waals surface area contributed by atoms with Crippen molar-refractivity contribution < 1.29 is 18.9 Å². The summed E-state index contributed by atoms with van der Waals surface area (Å²) in [5.74, 6) is -0.670. The summed E-state index contributed by atoms with van der Waals surface area (Å²) in [5, 5.41) is 5.76. The van der Waals surface area contributed by atoms with Crippen LogP contribution in [0.25, 0.3) is 0 Å². The molecule has 2 aromatic carbocycles. The molecule has 0 aliphatic rings. The highest BCUT2D eigenvalue weighted by atomic mass is 19.1. The minimum Gasteiger partial charge on any atom is -0.344 e. The first-order chi connectivity index (χ1) is 13.0. The fraction of sp³-hybridized carbons (Fsp3) is 0.333. The van der Waals surface area contributed by atoms with Crippen LogP contribution in [-0.2, 0) is 9.59 Å². The number of carbonyl (C=O) groups is 2. The van der Waals surface area contributed by atoms with Crippen LogP contribution >= 0.6 is 0 Å². The highest BCUT2D eigenvalue weighted by Crippen LogP contribution is 2.17. The van der Waals surface area contributed by atoms with Crippen molar-refractivity contribution in [1.29, 1.82) is 0 Å². The number of carbonyl (C=O) groups excluding carboxylic acids is 2. The van der Waals surface area contributed by atoms with E-state index in [-0.39, 0.29) is 36.8 Å². The fourth-order valence-corrected chi connectivity index (χ4v) is 2.89. The van der Waals surface area contributed by atoms with Crippen molar-refractivity contribution in [3.8, 4) is 0 Å². The third kappa shape index (κ3) is 7.19. The summed E-state index contributed by atoms with van der Waals surface area (Å²) in [5.41, 5.74) is 1.62. The van der Waals surface area contributed by atoms with E-state index >= 15 is 0 Å². The van der Waals surface area contributed by atoms with E-state index in [0.29, 0.717) is 5.69 Å². The molecule has 5 nitrogen and oxygen atoms in total. The Balaban J connectivity index is 1.82. The maximum absolute atomic E-state index is 12.9. The lowest BCUT2D eigenvalue weighted by atomic mass is 10.0. The van der Waals surface area contributed by atoms with Crippen molar-refractivity contribution in [2.75, 3.05) is 25.5 Å². The number of anilines is 1. The van der Waals surface area contributed by atoms with Crippen molar-refractivity contribution in [3.05, 3.63) is 66.0 Å². The van der Waals surface area contributed by atoms with E-state index in [0.717, 1.165) is 23.3 Å². The molecular weight excluding hydrogens is 345 g/mol. The van der Waals surface area contributed by atoms with E-state index in [1.807, 2.05) is 30.3 Å². The van der Waals surface area contributed by atoms with Crippen LogP contribution < -0.4 is 15.5 Å². The molecule has 0 spiro atoms. The van der Waals surface area contributed by atoms with Crippen LogP contribution in [0.5, 0.6) is 0 Å². The van der Waals surface area contributed by atoms with Crippen LogP contribution in [0.1, 0.15) is 31.4 Å². The van der Waals surface area contributed by atoms with Gasteiger partial charge in [0.25, 0.3) is 11.8 Å². The second-order valence-corrected chi connectivity index (χ2v) is 6.69. The first-order valence-electron chi connectivity index (χ1n) is 9.19. The standard InChI is InChI=1S/C21H26FN3O2/c1-3-7-19(16-8-5-4-6-9-16)24-21(27)15-25(2)14-20(26)23-18-12-10-17(22)11-13-18/h4-6,8-13,19H,3,7,14-15H2,1-2H3,(H,23,26)(H,24,27)/p+1/t19-/m1/s1. The number of nitrogens with one attached hydrogen (secondary N) is 3. The van der Waals surface area contributed by atoms with Gasteiger partial charge < -0.3 is 15.5 Å². The van der Waals surface area contributed by atoms with Crippen LogP contribution in [0.4, 0.5) is 10.1 Å². The summed E-state index contributed by atoms with van der Waals surface area (Å²) in [6.45, 7) is 2.43. The van der Waals surface area contributed by atoms with Gasteiger partial charge in [-0.3, -0.25) is 9.59 Å². The van der Waals surface area contributed by atoms with Gasteiger partial charge in [-0.2, -0.15) is 0 Å². The number of benzene rings is 2. The molecule has 0 bridgehead atoms. The molecule has 2 rings (SSSR count). The van der Waals surface area contributed by atoms with Gasteiger partial charge in [0, 0.05) is 5.69 Å². The van der Waals surface area contributed by atoms with Gasteiger partial charge >= 0.3 is 0 Å². The topological polar surface area (TPSA) is 62.6 Å². The Bertz CT molecular complexity index is 735. The molecule has 0 fully saturated rings. The van der Waals surface area contributed by atoms with Gasteiger partial charge in [0.05, 0.1) is 13.1 Å². The Morgan fingerprint density at radius 3 is 2.26 bits per heavy atom. The van der Waals surface area contributed by atoms with Gasteiger partial charge in [0.15, 0.2) is 13.1 Å². The zero-order valence-electron chi connectivity index (χ0n) is 15.8. The van der Waals surface area contributed by atoms with E-state index < -0.39 is 0 Å². The largest absolute Gasteiger partial charge is 0.344 e. The minimum atomic E-state index is -0.354. The van der Waals surface area contributed by atoms with Gasteiger partial charge in [-0.1, -0.05) is 43.7 Å².